The lowest BCUT2D eigenvalue weighted by Crippen LogP contribution is -2.36. The van der Waals surface area contributed by atoms with Gasteiger partial charge in [-0.25, -0.2) is 0 Å². The van der Waals surface area contributed by atoms with Crippen LogP contribution >= 0.6 is 0 Å². The van der Waals surface area contributed by atoms with Crippen LogP contribution in [0.2, 0.25) is 0 Å². The van der Waals surface area contributed by atoms with Crippen LogP contribution in [0.15, 0.2) is 55.6 Å². The molecule has 0 heterocycles. The summed E-state index contributed by atoms with van der Waals surface area (Å²) in [5, 5.41) is 2.80. The number of ether oxygens (including phenoxy) is 2. The molecule has 1 aromatic rings. The smallest absolute Gasteiger partial charge is 0.307 e. The van der Waals surface area contributed by atoms with Gasteiger partial charge < -0.3 is 14.8 Å². The third kappa shape index (κ3) is 10.0. The number of benzene rings is 1. The van der Waals surface area contributed by atoms with Gasteiger partial charge in [-0.15, -0.1) is 13.2 Å². The lowest BCUT2D eigenvalue weighted by molar-refractivity contribution is -0.157. The van der Waals surface area contributed by atoms with Gasteiger partial charge in [-0.2, -0.15) is 0 Å². The zero-order valence-corrected chi connectivity index (χ0v) is 18.2. The monoisotopic (exact) mass is 415 g/mol. The molecular weight excluding hydrogens is 382 g/mol. The Morgan fingerprint density at radius 2 is 1.73 bits per heavy atom. The van der Waals surface area contributed by atoms with Crippen molar-refractivity contribution in [3.05, 3.63) is 61.2 Å². The predicted molar refractivity (Wildman–Crippen MR) is 116 cm³/mol. The standard InChI is InChI=1S/C24H33NO5/c1-6-8-15-21(26)29-20(18-13-10-9-11-14-18)17-25-23(28)19(12-7-2)16-22(27)30-24(3,4)5/h6-7,9-11,13-14,19-20H,1-2,8,12,15-17H2,3-5H3,(H,25,28). The van der Waals surface area contributed by atoms with Gasteiger partial charge in [-0.05, 0) is 39.2 Å². The number of rotatable bonds is 12. The van der Waals surface area contributed by atoms with E-state index >= 15 is 0 Å². The number of allylic oxidation sites excluding steroid dienone is 2. The van der Waals surface area contributed by atoms with Crippen molar-refractivity contribution in [3.8, 4) is 0 Å². The molecule has 2 unspecified atom stereocenters. The van der Waals surface area contributed by atoms with E-state index in [4.69, 9.17) is 9.47 Å². The van der Waals surface area contributed by atoms with Crippen LogP contribution in [-0.4, -0.2) is 30.0 Å². The number of amides is 1. The summed E-state index contributed by atoms with van der Waals surface area (Å²) < 4.78 is 10.9. The molecule has 6 heteroatoms. The van der Waals surface area contributed by atoms with E-state index in [0.717, 1.165) is 5.56 Å². The molecule has 0 aliphatic carbocycles. The first kappa shape index (κ1) is 25.1. The number of nitrogens with one attached hydrogen (secondary N) is 1. The van der Waals surface area contributed by atoms with Crippen LogP contribution in [0.25, 0.3) is 0 Å². The first-order valence-electron chi connectivity index (χ1n) is 10.1. The molecule has 0 saturated carbocycles. The summed E-state index contributed by atoms with van der Waals surface area (Å²) in [6.45, 7) is 12.7. The minimum Gasteiger partial charge on any atom is -0.460 e. The van der Waals surface area contributed by atoms with Gasteiger partial charge in [0.25, 0.3) is 0 Å². The fourth-order valence-corrected chi connectivity index (χ4v) is 2.74. The van der Waals surface area contributed by atoms with Crippen molar-refractivity contribution in [1.29, 1.82) is 0 Å². The van der Waals surface area contributed by atoms with Crippen molar-refractivity contribution in [2.75, 3.05) is 6.54 Å². The Labute approximate surface area is 179 Å². The summed E-state index contributed by atoms with van der Waals surface area (Å²) in [5.74, 6) is -1.73. The van der Waals surface area contributed by atoms with E-state index in [1.165, 1.54) is 0 Å². The Kier molecular flexibility index (Phi) is 10.6. The third-order valence-electron chi connectivity index (χ3n) is 4.11. The normalized spacial score (nSPS) is 12.9. The number of hydrogen-bond donors (Lipinski definition) is 1. The van der Waals surface area contributed by atoms with Crippen LogP contribution in [0.5, 0.6) is 0 Å². The van der Waals surface area contributed by atoms with Crippen LogP contribution in [0.1, 0.15) is 58.1 Å². The van der Waals surface area contributed by atoms with E-state index < -0.39 is 23.6 Å². The molecule has 1 amide bonds. The molecule has 1 rings (SSSR count). The van der Waals surface area contributed by atoms with Crippen molar-refractivity contribution in [1.82, 2.24) is 5.32 Å². The predicted octanol–water partition coefficient (Wildman–Crippen LogP) is 4.28. The van der Waals surface area contributed by atoms with Gasteiger partial charge in [0.15, 0.2) is 0 Å². The second-order valence-electron chi connectivity index (χ2n) is 7.97. The van der Waals surface area contributed by atoms with Crippen LogP contribution in [-0.2, 0) is 23.9 Å². The fourth-order valence-electron chi connectivity index (χ4n) is 2.74. The van der Waals surface area contributed by atoms with Gasteiger partial charge in [0, 0.05) is 6.42 Å². The Balaban J connectivity index is 2.79. The molecule has 164 valence electrons. The number of hydrogen-bond acceptors (Lipinski definition) is 5. The van der Waals surface area contributed by atoms with E-state index in [1.807, 2.05) is 30.3 Å². The largest absolute Gasteiger partial charge is 0.460 e. The molecular formula is C24H33NO5. The molecule has 1 N–H and O–H groups in total. The second kappa shape index (κ2) is 12.6. The highest BCUT2D eigenvalue weighted by molar-refractivity contribution is 5.84. The highest BCUT2D eigenvalue weighted by atomic mass is 16.6. The molecule has 1 aromatic carbocycles. The Morgan fingerprint density at radius 1 is 1.07 bits per heavy atom. The molecule has 0 fully saturated rings. The first-order valence-corrected chi connectivity index (χ1v) is 10.1. The first-order chi connectivity index (χ1) is 14.2. The maximum atomic E-state index is 12.7. The van der Waals surface area contributed by atoms with Gasteiger partial charge in [0.2, 0.25) is 5.91 Å². The maximum Gasteiger partial charge on any atom is 0.307 e. The Morgan fingerprint density at radius 3 is 2.30 bits per heavy atom. The molecule has 0 saturated heterocycles. The molecule has 6 nitrogen and oxygen atoms in total. The Hall–Kier alpha value is -2.89. The van der Waals surface area contributed by atoms with Crippen LogP contribution in [0.4, 0.5) is 0 Å². The summed E-state index contributed by atoms with van der Waals surface area (Å²) >= 11 is 0. The maximum absolute atomic E-state index is 12.7. The van der Waals surface area contributed by atoms with Gasteiger partial charge in [-0.3, -0.25) is 14.4 Å². The average molecular weight is 416 g/mol. The van der Waals surface area contributed by atoms with E-state index in [2.05, 4.69) is 18.5 Å². The fraction of sp³-hybridized carbons (Fsp3) is 0.458. The number of esters is 2. The van der Waals surface area contributed by atoms with E-state index in [-0.39, 0.29) is 31.3 Å². The van der Waals surface area contributed by atoms with Crippen molar-refractivity contribution in [2.24, 2.45) is 5.92 Å². The minimum absolute atomic E-state index is 0.0513. The molecule has 30 heavy (non-hydrogen) atoms. The molecule has 0 spiro atoms. The molecule has 0 radical (unpaired) electrons. The molecule has 0 aromatic heterocycles. The summed E-state index contributed by atoms with van der Waals surface area (Å²) in [7, 11) is 0. The molecule has 0 bridgehead atoms. The Bertz CT molecular complexity index is 721. The summed E-state index contributed by atoms with van der Waals surface area (Å²) in [4.78, 5) is 36.9. The summed E-state index contributed by atoms with van der Waals surface area (Å²) in [5.41, 5.74) is 0.154. The van der Waals surface area contributed by atoms with Crippen molar-refractivity contribution in [3.63, 3.8) is 0 Å². The topological polar surface area (TPSA) is 81.7 Å². The van der Waals surface area contributed by atoms with Crippen molar-refractivity contribution < 1.29 is 23.9 Å². The van der Waals surface area contributed by atoms with Gasteiger partial charge in [-0.1, -0.05) is 42.5 Å². The van der Waals surface area contributed by atoms with E-state index in [9.17, 15) is 14.4 Å². The second-order valence-corrected chi connectivity index (χ2v) is 7.97. The summed E-state index contributed by atoms with van der Waals surface area (Å²) in [6.07, 6.45) is 3.64. The lowest BCUT2D eigenvalue weighted by Gasteiger charge is -2.23. The van der Waals surface area contributed by atoms with Gasteiger partial charge in [0.05, 0.1) is 18.9 Å². The van der Waals surface area contributed by atoms with Crippen molar-refractivity contribution >= 4 is 17.8 Å². The number of carbonyl (C=O) groups is 3. The van der Waals surface area contributed by atoms with Crippen LogP contribution in [0, 0.1) is 5.92 Å². The average Bonchev–Trinajstić information content (AvgIpc) is 2.68. The summed E-state index contributed by atoms with van der Waals surface area (Å²) in [6, 6.07) is 9.20. The SMILES string of the molecule is C=CCCC(=O)OC(CNC(=O)C(CC=C)CC(=O)OC(C)(C)C)c1ccccc1. The van der Waals surface area contributed by atoms with Gasteiger partial charge >= 0.3 is 11.9 Å². The molecule has 0 aliphatic heterocycles. The highest BCUT2D eigenvalue weighted by Gasteiger charge is 2.26. The molecule has 2 atom stereocenters. The van der Waals surface area contributed by atoms with E-state index in [1.54, 1.807) is 32.9 Å². The third-order valence-corrected chi connectivity index (χ3v) is 4.11. The van der Waals surface area contributed by atoms with Crippen molar-refractivity contribution in [2.45, 2.75) is 58.2 Å². The quantitative estimate of drug-likeness (QED) is 0.407. The van der Waals surface area contributed by atoms with E-state index in [0.29, 0.717) is 12.8 Å². The van der Waals surface area contributed by atoms with Gasteiger partial charge in [0.1, 0.15) is 11.7 Å². The zero-order chi connectivity index (χ0) is 22.6. The molecule has 0 aliphatic rings. The zero-order valence-electron chi connectivity index (χ0n) is 18.2. The minimum atomic E-state index is -0.627. The van der Waals surface area contributed by atoms with Crippen LogP contribution < -0.4 is 5.32 Å². The number of carbonyl (C=O) groups excluding carboxylic acids is 3. The highest BCUT2D eigenvalue weighted by Crippen LogP contribution is 2.19. The lowest BCUT2D eigenvalue weighted by atomic mass is 10.00. The van der Waals surface area contributed by atoms with Crippen LogP contribution in [0.3, 0.4) is 0 Å².